The first-order chi connectivity index (χ1) is 14.4. The van der Waals surface area contributed by atoms with Crippen LogP contribution in [0.2, 0.25) is 0 Å². The van der Waals surface area contributed by atoms with Crippen LogP contribution in [0.15, 0.2) is 18.2 Å². The van der Waals surface area contributed by atoms with Crippen LogP contribution in [-0.2, 0) is 19.4 Å². The second-order valence-corrected chi connectivity index (χ2v) is 6.90. The normalized spacial score (nSPS) is 13.9. The van der Waals surface area contributed by atoms with Crippen LogP contribution in [0.3, 0.4) is 0 Å². The van der Waals surface area contributed by atoms with E-state index in [4.69, 9.17) is 9.47 Å². The third-order valence-corrected chi connectivity index (χ3v) is 4.63. The number of carbonyl (C=O) groups is 1. The quantitative estimate of drug-likeness (QED) is 0.708. The van der Waals surface area contributed by atoms with Gasteiger partial charge in [-0.2, -0.15) is 13.2 Å². The van der Waals surface area contributed by atoms with Crippen molar-refractivity contribution in [1.29, 1.82) is 0 Å². The van der Waals surface area contributed by atoms with E-state index in [0.717, 1.165) is 37.5 Å². The first-order valence-corrected chi connectivity index (χ1v) is 9.69. The predicted molar refractivity (Wildman–Crippen MR) is 103 cm³/mol. The van der Waals surface area contributed by atoms with E-state index in [1.165, 1.54) is 31.7 Å². The molecule has 30 heavy (non-hydrogen) atoms. The Hall–Kier alpha value is -2.98. The number of hydrogen-bond acceptors (Lipinski definition) is 5. The maximum atomic E-state index is 12.4. The molecule has 2 aromatic rings. The number of aromatic nitrogens is 3. The fourth-order valence-electron chi connectivity index (χ4n) is 3.22. The molecule has 1 aliphatic rings. The van der Waals surface area contributed by atoms with Crippen molar-refractivity contribution in [3.8, 4) is 11.5 Å². The lowest BCUT2D eigenvalue weighted by Gasteiger charge is -2.14. The van der Waals surface area contributed by atoms with Crippen molar-refractivity contribution in [3.05, 3.63) is 29.8 Å². The molecule has 2 N–H and O–H groups in total. The summed E-state index contributed by atoms with van der Waals surface area (Å²) in [6.07, 6.45) is 0.323. The molecule has 0 bridgehead atoms. The van der Waals surface area contributed by atoms with Gasteiger partial charge in [-0.25, -0.2) is 4.79 Å². The molecule has 2 amide bonds. The van der Waals surface area contributed by atoms with Gasteiger partial charge in [-0.05, 0) is 25.0 Å². The van der Waals surface area contributed by atoms with Gasteiger partial charge in [0.05, 0.1) is 7.11 Å². The summed E-state index contributed by atoms with van der Waals surface area (Å²) < 4.78 is 49.1. The summed E-state index contributed by atoms with van der Waals surface area (Å²) in [5, 5.41) is 13.7. The van der Waals surface area contributed by atoms with Crippen molar-refractivity contribution >= 4 is 11.7 Å². The molecule has 1 aromatic carbocycles. The van der Waals surface area contributed by atoms with E-state index < -0.39 is 18.8 Å². The molecule has 2 heterocycles. The van der Waals surface area contributed by atoms with Crippen molar-refractivity contribution in [3.63, 3.8) is 0 Å². The van der Waals surface area contributed by atoms with E-state index >= 15 is 0 Å². The molecule has 11 heteroatoms. The Morgan fingerprint density at radius 1 is 1.20 bits per heavy atom. The van der Waals surface area contributed by atoms with Crippen LogP contribution in [0.4, 0.5) is 23.7 Å². The molecule has 8 nitrogen and oxygen atoms in total. The molecular formula is C19H24F3N5O3. The molecule has 3 rings (SSSR count). The summed E-state index contributed by atoms with van der Waals surface area (Å²) in [6.45, 7) is -0.227. The number of methoxy groups -OCH3 is 1. The van der Waals surface area contributed by atoms with E-state index in [9.17, 15) is 18.0 Å². The minimum atomic E-state index is -4.48. The number of rotatable bonds is 7. The summed E-state index contributed by atoms with van der Waals surface area (Å²) >= 11 is 0. The van der Waals surface area contributed by atoms with Gasteiger partial charge in [0, 0.05) is 37.7 Å². The largest absolute Gasteiger partial charge is 0.493 e. The third kappa shape index (κ3) is 6.01. The van der Waals surface area contributed by atoms with Crippen LogP contribution in [0.25, 0.3) is 0 Å². The topological polar surface area (TPSA) is 90.3 Å². The van der Waals surface area contributed by atoms with Gasteiger partial charge < -0.3 is 24.7 Å². The summed E-state index contributed by atoms with van der Waals surface area (Å²) in [6, 6.07) is 3.73. The molecule has 0 saturated carbocycles. The Balaban J connectivity index is 1.53. The lowest BCUT2D eigenvalue weighted by molar-refractivity contribution is -0.153. The zero-order chi connectivity index (χ0) is 21.6. The van der Waals surface area contributed by atoms with Gasteiger partial charge in [0.25, 0.3) is 0 Å². The zero-order valence-corrected chi connectivity index (χ0v) is 16.6. The van der Waals surface area contributed by atoms with Crippen molar-refractivity contribution in [2.24, 2.45) is 0 Å². The number of hydrogen-bond donors (Lipinski definition) is 2. The predicted octanol–water partition coefficient (Wildman–Crippen LogP) is 3.32. The van der Waals surface area contributed by atoms with Crippen molar-refractivity contribution in [2.45, 2.75) is 44.8 Å². The molecule has 0 spiro atoms. The Labute approximate surface area is 171 Å². The van der Waals surface area contributed by atoms with Gasteiger partial charge in [-0.15, -0.1) is 10.2 Å². The maximum Gasteiger partial charge on any atom is 0.422 e. The minimum Gasteiger partial charge on any atom is -0.493 e. The van der Waals surface area contributed by atoms with Crippen LogP contribution >= 0.6 is 0 Å². The van der Waals surface area contributed by atoms with Gasteiger partial charge >= 0.3 is 12.2 Å². The van der Waals surface area contributed by atoms with Crippen molar-refractivity contribution < 1.29 is 27.4 Å². The molecule has 164 valence electrons. The molecule has 1 aromatic heterocycles. The second-order valence-electron chi connectivity index (χ2n) is 6.90. The third-order valence-electron chi connectivity index (χ3n) is 4.63. The summed E-state index contributed by atoms with van der Waals surface area (Å²) in [5.41, 5.74) is 0.279. The first-order valence-electron chi connectivity index (χ1n) is 9.69. The highest BCUT2D eigenvalue weighted by Crippen LogP contribution is 2.31. The fraction of sp³-hybridized carbons (Fsp3) is 0.526. The van der Waals surface area contributed by atoms with Crippen LogP contribution in [0.1, 0.15) is 30.9 Å². The lowest BCUT2D eigenvalue weighted by atomic mass is 10.2. The van der Waals surface area contributed by atoms with E-state index in [1.807, 2.05) is 0 Å². The Morgan fingerprint density at radius 2 is 2.03 bits per heavy atom. The van der Waals surface area contributed by atoms with Crippen LogP contribution in [0, 0.1) is 0 Å². The molecule has 0 atom stereocenters. The number of aryl methyl sites for hydroxylation is 1. The molecule has 0 unspecified atom stereocenters. The molecule has 1 aliphatic heterocycles. The number of nitrogens with one attached hydrogen (secondary N) is 2. The number of amides is 2. The standard InChI is InChI=1S/C19H24F3N5O3/c1-29-14-7-6-13(11-15(14)30-12-19(20,21)22)24-18(28)23-9-8-17-26-25-16-5-3-2-4-10-27(16)17/h6-7,11H,2-5,8-10,12H2,1H3,(H2,23,24,28). The minimum absolute atomic E-state index is 0.112. The van der Waals surface area contributed by atoms with E-state index in [-0.39, 0.29) is 17.2 Å². The van der Waals surface area contributed by atoms with Crippen LogP contribution < -0.4 is 20.1 Å². The van der Waals surface area contributed by atoms with Gasteiger partial charge in [-0.3, -0.25) is 0 Å². The number of alkyl halides is 3. The number of anilines is 1. The molecule has 0 saturated heterocycles. The van der Waals surface area contributed by atoms with E-state index in [2.05, 4.69) is 25.4 Å². The van der Waals surface area contributed by atoms with Gasteiger partial charge in [-0.1, -0.05) is 6.42 Å². The van der Waals surface area contributed by atoms with Gasteiger partial charge in [0.1, 0.15) is 11.6 Å². The number of carbonyl (C=O) groups excluding carboxylic acids is 1. The van der Waals surface area contributed by atoms with Gasteiger partial charge in [0.2, 0.25) is 0 Å². The van der Waals surface area contributed by atoms with Crippen LogP contribution in [0.5, 0.6) is 11.5 Å². The Kier molecular flexibility index (Phi) is 7.01. The maximum absolute atomic E-state index is 12.4. The average molecular weight is 427 g/mol. The first kappa shape index (κ1) is 21.7. The molecule has 0 radical (unpaired) electrons. The number of fused-ring (bicyclic) bond motifs is 1. The molecule has 0 aliphatic carbocycles. The average Bonchev–Trinajstić information content (AvgIpc) is 2.92. The highest BCUT2D eigenvalue weighted by atomic mass is 19.4. The number of benzene rings is 1. The van der Waals surface area contributed by atoms with E-state index in [1.54, 1.807) is 0 Å². The Morgan fingerprint density at radius 3 is 2.80 bits per heavy atom. The van der Waals surface area contributed by atoms with Gasteiger partial charge in [0.15, 0.2) is 18.1 Å². The lowest BCUT2D eigenvalue weighted by Crippen LogP contribution is -2.31. The Bertz CT molecular complexity index is 870. The summed E-state index contributed by atoms with van der Waals surface area (Å²) in [5.74, 6) is 1.84. The van der Waals surface area contributed by atoms with Crippen molar-refractivity contribution in [2.75, 3.05) is 25.6 Å². The number of urea groups is 1. The fourth-order valence-corrected chi connectivity index (χ4v) is 3.22. The molecular weight excluding hydrogens is 403 g/mol. The number of ether oxygens (including phenoxy) is 2. The number of halogens is 3. The zero-order valence-electron chi connectivity index (χ0n) is 16.6. The summed E-state index contributed by atoms with van der Waals surface area (Å²) in [4.78, 5) is 12.2. The van der Waals surface area contributed by atoms with E-state index in [0.29, 0.717) is 13.0 Å². The smallest absolute Gasteiger partial charge is 0.422 e. The van der Waals surface area contributed by atoms with Crippen LogP contribution in [-0.4, -0.2) is 47.2 Å². The van der Waals surface area contributed by atoms with Crippen molar-refractivity contribution in [1.82, 2.24) is 20.1 Å². The monoisotopic (exact) mass is 427 g/mol. The second kappa shape index (κ2) is 9.68. The highest BCUT2D eigenvalue weighted by Gasteiger charge is 2.29. The molecule has 0 fully saturated rings. The summed E-state index contributed by atoms with van der Waals surface area (Å²) in [7, 11) is 1.32. The number of nitrogens with zero attached hydrogens (tertiary/aromatic N) is 3. The highest BCUT2D eigenvalue weighted by molar-refractivity contribution is 5.89. The SMILES string of the molecule is COc1ccc(NC(=O)NCCc2nnc3n2CCCCC3)cc1OCC(F)(F)F.